The van der Waals surface area contributed by atoms with Gasteiger partial charge in [-0.1, -0.05) is 0 Å². The second kappa shape index (κ2) is 12.9. The fraction of sp³-hybridized carbons (Fsp3) is 1.00. The maximum atomic E-state index is 6.94. The zero-order valence-electron chi connectivity index (χ0n) is 25.7. The Balaban J connectivity index is 0.779. The number of nitrogens with zero attached hydrogens (tertiary/aromatic N) is 2. The van der Waals surface area contributed by atoms with Gasteiger partial charge in [0.05, 0.1) is 0 Å². The van der Waals surface area contributed by atoms with Gasteiger partial charge in [-0.3, -0.25) is 0 Å². The van der Waals surface area contributed by atoms with E-state index in [1.165, 1.54) is 116 Å². The van der Waals surface area contributed by atoms with Crippen molar-refractivity contribution in [1.29, 1.82) is 0 Å². The van der Waals surface area contributed by atoms with E-state index in [1.54, 1.807) is 0 Å². The van der Waals surface area contributed by atoms with Crippen LogP contribution in [0.2, 0.25) is 0 Å². The Morgan fingerprint density at radius 3 is 1.41 bits per heavy atom. The number of piperidine rings is 2. The monoisotopic (exact) mass is 700 g/mol. The van der Waals surface area contributed by atoms with Crippen molar-refractivity contribution >= 4 is 46.1 Å². The zero-order valence-corrected chi connectivity index (χ0v) is 31.4. The van der Waals surface area contributed by atoms with Crippen molar-refractivity contribution in [3.63, 3.8) is 0 Å². The summed E-state index contributed by atoms with van der Waals surface area (Å²) in [4.78, 5) is 0. The molecule has 0 radical (unpaired) electrons. The van der Waals surface area contributed by atoms with Gasteiger partial charge < -0.3 is 0 Å². The Labute approximate surface area is 266 Å². The summed E-state index contributed by atoms with van der Waals surface area (Å²) < 4.78 is 33.1. The van der Waals surface area contributed by atoms with Crippen LogP contribution >= 0.6 is 11.8 Å². The van der Waals surface area contributed by atoms with E-state index >= 15 is 0 Å². The average Bonchev–Trinajstić information content (AvgIpc) is 3.55. The summed E-state index contributed by atoms with van der Waals surface area (Å²) in [6.07, 6.45) is 26.0. The molecule has 8 unspecified atom stereocenters. The first-order chi connectivity index (χ1) is 20.1. The van der Waals surface area contributed by atoms with Crippen LogP contribution in [0.15, 0.2) is 0 Å². The van der Waals surface area contributed by atoms with Gasteiger partial charge in [-0.25, -0.2) is 0 Å². The maximum absolute atomic E-state index is 6.94. The van der Waals surface area contributed by atoms with Gasteiger partial charge in [-0.15, -0.1) is 0 Å². The average molecular weight is 702 g/mol. The first kappa shape index (κ1) is 29.8. The third-order valence-electron chi connectivity index (χ3n) is 12.8. The van der Waals surface area contributed by atoms with Crippen LogP contribution in [0.4, 0.5) is 0 Å². The van der Waals surface area contributed by atoms with Gasteiger partial charge in [-0.2, -0.15) is 0 Å². The molecule has 0 bridgehead atoms. The van der Waals surface area contributed by atoms with Gasteiger partial charge in [0.1, 0.15) is 0 Å². The van der Waals surface area contributed by atoms with Gasteiger partial charge >= 0.3 is 268 Å². The molecule has 0 aromatic heterocycles. The van der Waals surface area contributed by atoms with Crippen LogP contribution in [0.1, 0.15) is 129 Å². The first-order valence-electron chi connectivity index (χ1n) is 17.9. The van der Waals surface area contributed by atoms with Crippen LogP contribution in [-0.4, -0.2) is 101 Å². The summed E-state index contributed by atoms with van der Waals surface area (Å²) in [5, 5.41) is 1.67. The van der Waals surface area contributed by atoms with E-state index < -0.39 is 34.4 Å². The summed E-state index contributed by atoms with van der Waals surface area (Å²) in [6, 6.07) is 2.78. The SMILES string of the molecule is CC1CCC2CCCC3[O][Ga]([O]C4CCC(SC5CCC([O][Ga]6[O]C7CCCC8CCC(C)[N]6C87)CC5)CC4)[N]1C23. The van der Waals surface area contributed by atoms with Crippen molar-refractivity contribution in [1.82, 2.24) is 7.21 Å². The van der Waals surface area contributed by atoms with E-state index in [-0.39, 0.29) is 0 Å². The van der Waals surface area contributed by atoms with E-state index in [0.717, 1.165) is 22.3 Å². The summed E-state index contributed by atoms with van der Waals surface area (Å²) >= 11 is -2.26. The standard InChI is InChI=1S/C12H20O2S.2C10H17NO.2Ga/c13-9-1-5-11(6-2-9)15-12-7-3-10(14)4-8-12;2*1-7-5-6-8-3-2-4-9(12)10(8)11-7;;/h9-12H,1-8H2;2*7-10H,2-6H2,1H3;;/q3*-2;2*+3. The number of rotatable bonds is 6. The second-order valence-electron chi connectivity index (χ2n) is 15.3. The topological polar surface area (TPSA) is 43.4 Å². The van der Waals surface area contributed by atoms with Crippen molar-refractivity contribution in [2.45, 2.75) is 189 Å². The summed E-state index contributed by atoms with van der Waals surface area (Å²) in [7, 11) is 0. The minimum atomic E-state index is -2.29. The summed E-state index contributed by atoms with van der Waals surface area (Å²) in [5.41, 5.74) is 0. The predicted octanol–water partition coefficient (Wildman–Crippen LogP) is 6.45. The van der Waals surface area contributed by atoms with E-state index in [9.17, 15) is 0 Å². The van der Waals surface area contributed by atoms with Crippen molar-refractivity contribution in [2.24, 2.45) is 11.8 Å². The molecule has 0 N–H and O–H groups in total. The van der Waals surface area contributed by atoms with E-state index in [1.807, 2.05) is 0 Å². The molecule has 8 rings (SSSR count). The molecule has 4 aliphatic carbocycles. The molecular weight excluding hydrogens is 648 g/mol. The Bertz CT molecular complexity index is 835. The normalized spacial score (nSPS) is 48.7. The van der Waals surface area contributed by atoms with Crippen molar-refractivity contribution in [2.75, 3.05) is 0 Å². The molecule has 8 aliphatic rings. The second-order valence-corrected chi connectivity index (χ2v) is 24.2. The van der Waals surface area contributed by atoms with Crippen LogP contribution in [0.5, 0.6) is 0 Å². The molecule has 8 atom stereocenters. The minimum absolute atomic E-state index is 0.465. The molecule has 0 amide bonds. The van der Waals surface area contributed by atoms with Gasteiger partial charge in [0.15, 0.2) is 0 Å². The van der Waals surface area contributed by atoms with Gasteiger partial charge in [0.2, 0.25) is 0 Å². The Hall–Kier alpha value is 1.38. The molecule has 4 saturated carbocycles. The number of thioether (sulfide) groups is 1. The molecule has 0 spiro atoms. The number of hydrogen-bond donors (Lipinski definition) is 0. The number of hydrogen-bond acceptors (Lipinski definition) is 7. The van der Waals surface area contributed by atoms with Crippen LogP contribution in [0.25, 0.3) is 0 Å². The Kier molecular flexibility index (Phi) is 9.35. The summed E-state index contributed by atoms with van der Waals surface area (Å²) in [6.45, 7) is 4.90. The van der Waals surface area contributed by atoms with Crippen molar-refractivity contribution in [3.05, 3.63) is 0 Å². The quantitative estimate of drug-likeness (QED) is 0.295. The molecule has 4 heterocycles. The molecule has 4 aliphatic heterocycles. The van der Waals surface area contributed by atoms with E-state index in [2.05, 4.69) is 32.8 Å². The van der Waals surface area contributed by atoms with Gasteiger partial charge in [0, 0.05) is 0 Å². The van der Waals surface area contributed by atoms with Gasteiger partial charge in [-0.05, 0) is 0 Å². The molecule has 4 saturated heterocycles. The zero-order chi connectivity index (χ0) is 27.5. The summed E-state index contributed by atoms with van der Waals surface area (Å²) in [5.74, 6) is 1.77. The third kappa shape index (κ3) is 6.01. The molecule has 0 aromatic rings. The molecular formula is C32H54Ga2N2O4S. The molecule has 41 heavy (non-hydrogen) atoms. The third-order valence-corrected chi connectivity index (χ3v) is 25.2. The van der Waals surface area contributed by atoms with E-state index in [4.69, 9.17) is 14.1 Å². The molecule has 6 nitrogen and oxygen atoms in total. The molecule has 228 valence electrons. The Morgan fingerprint density at radius 2 is 0.976 bits per heavy atom. The first-order valence-corrected chi connectivity index (χ1v) is 25.0. The molecule has 9 heteroatoms. The molecule has 0 aromatic carbocycles. The van der Waals surface area contributed by atoms with Crippen molar-refractivity contribution < 1.29 is 14.1 Å². The van der Waals surface area contributed by atoms with Crippen LogP contribution in [0.3, 0.4) is 0 Å². The predicted molar refractivity (Wildman–Crippen MR) is 166 cm³/mol. The Morgan fingerprint density at radius 1 is 0.537 bits per heavy atom. The fourth-order valence-electron chi connectivity index (χ4n) is 10.6. The molecule has 8 fully saturated rings. The van der Waals surface area contributed by atoms with E-state index in [0.29, 0.717) is 48.6 Å². The van der Waals surface area contributed by atoms with Crippen LogP contribution in [0, 0.1) is 11.8 Å². The van der Waals surface area contributed by atoms with Crippen LogP contribution in [-0.2, 0) is 14.1 Å². The van der Waals surface area contributed by atoms with Crippen LogP contribution < -0.4 is 0 Å². The van der Waals surface area contributed by atoms with Crippen molar-refractivity contribution in [3.8, 4) is 0 Å². The fourth-order valence-corrected chi connectivity index (χ4v) is 24.1. The van der Waals surface area contributed by atoms with Gasteiger partial charge in [0.25, 0.3) is 0 Å².